The molecule has 2 fully saturated rings. The highest BCUT2D eigenvalue weighted by Gasteiger charge is 2.41. The molecule has 2 aliphatic heterocycles. The molecular formula is C18H25N5O. The molecule has 3 atom stereocenters. The monoisotopic (exact) mass is 327 g/mol. The SMILES string of the molecule is CCNC(=NCCc1cn2ccccc2n1)NC1CC2CCC1O2. The van der Waals surface area contributed by atoms with Crippen LogP contribution in [-0.4, -0.2) is 46.7 Å². The highest BCUT2D eigenvalue weighted by atomic mass is 16.5. The van der Waals surface area contributed by atoms with Gasteiger partial charge in [0, 0.05) is 31.9 Å². The summed E-state index contributed by atoms with van der Waals surface area (Å²) in [5, 5.41) is 6.89. The molecule has 3 unspecified atom stereocenters. The van der Waals surface area contributed by atoms with Crippen molar-refractivity contribution in [2.45, 2.75) is 50.9 Å². The molecule has 0 spiro atoms. The molecule has 0 radical (unpaired) electrons. The van der Waals surface area contributed by atoms with E-state index in [2.05, 4.69) is 33.1 Å². The van der Waals surface area contributed by atoms with Crippen LogP contribution >= 0.6 is 0 Å². The van der Waals surface area contributed by atoms with Crippen LogP contribution in [0.1, 0.15) is 31.9 Å². The minimum absolute atomic E-state index is 0.359. The lowest BCUT2D eigenvalue weighted by Crippen LogP contribution is -2.47. The molecule has 2 aromatic heterocycles. The van der Waals surface area contributed by atoms with Crippen molar-refractivity contribution in [2.24, 2.45) is 4.99 Å². The van der Waals surface area contributed by atoms with Crippen LogP contribution in [0.25, 0.3) is 5.65 Å². The van der Waals surface area contributed by atoms with Gasteiger partial charge in [-0.15, -0.1) is 0 Å². The number of nitrogens with zero attached hydrogens (tertiary/aromatic N) is 3. The predicted molar refractivity (Wildman–Crippen MR) is 94.3 cm³/mol. The van der Waals surface area contributed by atoms with Crippen molar-refractivity contribution >= 4 is 11.6 Å². The predicted octanol–water partition coefficient (Wildman–Crippen LogP) is 1.75. The summed E-state index contributed by atoms with van der Waals surface area (Å²) in [5.41, 5.74) is 2.06. The molecule has 128 valence electrons. The lowest BCUT2D eigenvalue weighted by molar-refractivity contribution is 0.0992. The molecule has 4 rings (SSSR count). The molecule has 2 N–H and O–H groups in total. The van der Waals surface area contributed by atoms with Gasteiger partial charge in [-0.2, -0.15) is 0 Å². The number of hydrogen-bond donors (Lipinski definition) is 2. The fourth-order valence-electron chi connectivity index (χ4n) is 3.68. The second kappa shape index (κ2) is 6.81. The van der Waals surface area contributed by atoms with E-state index >= 15 is 0 Å². The topological polar surface area (TPSA) is 63.0 Å². The third-order valence-corrected chi connectivity index (χ3v) is 4.82. The van der Waals surface area contributed by atoms with E-state index in [4.69, 9.17) is 9.73 Å². The van der Waals surface area contributed by atoms with Crippen LogP contribution in [0.3, 0.4) is 0 Å². The first-order valence-electron chi connectivity index (χ1n) is 8.95. The molecule has 6 nitrogen and oxygen atoms in total. The summed E-state index contributed by atoms with van der Waals surface area (Å²) >= 11 is 0. The van der Waals surface area contributed by atoms with Crippen molar-refractivity contribution in [3.8, 4) is 0 Å². The number of guanidine groups is 1. The summed E-state index contributed by atoms with van der Waals surface area (Å²) in [7, 11) is 0. The Bertz CT molecular complexity index is 692. The van der Waals surface area contributed by atoms with Gasteiger partial charge in [0.25, 0.3) is 0 Å². The molecule has 4 heterocycles. The zero-order valence-electron chi connectivity index (χ0n) is 14.1. The van der Waals surface area contributed by atoms with E-state index in [0.29, 0.717) is 18.2 Å². The lowest BCUT2D eigenvalue weighted by Gasteiger charge is -2.22. The molecule has 2 aliphatic rings. The van der Waals surface area contributed by atoms with Crippen molar-refractivity contribution in [1.82, 2.24) is 20.0 Å². The van der Waals surface area contributed by atoms with E-state index in [0.717, 1.165) is 43.2 Å². The van der Waals surface area contributed by atoms with Gasteiger partial charge >= 0.3 is 0 Å². The van der Waals surface area contributed by atoms with Crippen LogP contribution in [0.15, 0.2) is 35.6 Å². The molecule has 2 saturated heterocycles. The number of rotatable bonds is 5. The summed E-state index contributed by atoms with van der Waals surface area (Å²) in [4.78, 5) is 9.34. The highest BCUT2D eigenvalue weighted by Crippen LogP contribution is 2.34. The van der Waals surface area contributed by atoms with E-state index in [-0.39, 0.29) is 0 Å². The van der Waals surface area contributed by atoms with Gasteiger partial charge in [-0.05, 0) is 38.3 Å². The maximum absolute atomic E-state index is 5.91. The minimum Gasteiger partial charge on any atom is -0.373 e. The standard InChI is InChI=1S/C18H25N5O/c1-2-19-18(22-15-11-14-6-7-16(15)24-14)20-9-8-13-12-23-10-4-3-5-17(23)21-13/h3-5,10,12,14-16H,2,6-9,11H2,1H3,(H2,19,20,22). The summed E-state index contributed by atoms with van der Waals surface area (Å²) in [5.74, 6) is 0.891. The maximum Gasteiger partial charge on any atom is 0.191 e. The van der Waals surface area contributed by atoms with E-state index in [1.54, 1.807) is 0 Å². The number of imidazole rings is 1. The molecule has 0 amide bonds. The second-order valence-corrected chi connectivity index (χ2v) is 6.57. The molecule has 0 aromatic carbocycles. The van der Waals surface area contributed by atoms with E-state index in [9.17, 15) is 0 Å². The average Bonchev–Trinajstić information content (AvgIpc) is 3.29. The third-order valence-electron chi connectivity index (χ3n) is 4.82. The van der Waals surface area contributed by atoms with Crippen LogP contribution in [-0.2, 0) is 11.2 Å². The van der Waals surface area contributed by atoms with Crippen molar-refractivity contribution < 1.29 is 4.74 Å². The zero-order chi connectivity index (χ0) is 16.4. The highest BCUT2D eigenvalue weighted by molar-refractivity contribution is 5.80. The lowest BCUT2D eigenvalue weighted by atomic mass is 9.96. The van der Waals surface area contributed by atoms with Gasteiger partial charge in [0.1, 0.15) is 5.65 Å². The smallest absolute Gasteiger partial charge is 0.191 e. The zero-order valence-corrected chi connectivity index (χ0v) is 14.1. The Labute approximate surface area is 142 Å². The van der Waals surface area contributed by atoms with E-state index in [1.807, 2.05) is 24.4 Å². The first-order valence-corrected chi connectivity index (χ1v) is 8.95. The quantitative estimate of drug-likeness (QED) is 0.649. The Kier molecular flexibility index (Phi) is 4.38. The Morgan fingerprint density at radius 1 is 1.42 bits per heavy atom. The number of aromatic nitrogens is 2. The van der Waals surface area contributed by atoms with Crippen LogP contribution < -0.4 is 10.6 Å². The van der Waals surface area contributed by atoms with Gasteiger partial charge < -0.3 is 19.8 Å². The Balaban J connectivity index is 1.36. The Morgan fingerprint density at radius 3 is 3.12 bits per heavy atom. The molecule has 2 bridgehead atoms. The number of fused-ring (bicyclic) bond motifs is 3. The van der Waals surface area contributed by atoms with Crippen LogP contribution in [0.4, 0.5) is 0 Å². The van der Waals surface area contributed by atoms with E-state index < -0.39 is 0 Å². The van der Waals surface area contributed by atoms with Crippen molar-refractivity contribution in [1.29, 1.82) is 0 Å². The molecule has 2 aromatic rings. The fraction of sp³-hybridized carbons (Fsp3) is 0.556. The number of nitrogens with one attached hydrogen (secondary N) is 2. The summed E-state index contributed by atoms with van der Waals surface area (Å²) in [6, 6.07) is 6.44. The second-order valence-electron chi connectivity index (χ2n) is 6.57. The van der Waals surface area contributed by atoms with Crippen LogP contribution in [0, 0.1) is 0 Å². The normalized spacial score (nSPS) is 26.2. The first-order chi connectivity index (χ1) is 11.8. The van der Waals surface area contributed by atoms with Gasteiger partial charge in [0.05, 0.1) is 23.9 Å². The largest absolute Gasteiger partial charge is 0.373 e. The van der Waals surface area contributed by atoms with Crippen LogP contribution in [0.5, 0.6) is 0 Å². The molecule has 6 heteroatoms. The molecule has 0 aliphatic carbocycles. The Morgan fingerprint density at radius 2 is 2.38 bits per heavy atom. The summed E-state index contributed by atoms with van der Waals surface area (Å²) in [6.45, 7) is 3.68. The van der Waals surface area contributed by atoms with Gasteiger partial charge in [0.15, 0.2) is 5.96 Å². The number of pyridine rings is 1. The maximum atomic E-state index is 5.91. The Hall–Kier alpha value is -2.08. The third kappa shape index (κ3) is 3.24. The minimum atomic E-state index is 0.359. The molecule has 24 heavy (non-hydrogen) atoms. The number of ether oxygens (including phenoxy) is 1. The number of hydrogen-bond acceptors (Lipinski definition) is 3. The van der Waals surface area contributed by atoms with Crippen LogP contribution in [0.2, 0.25) is 0 Å². The van der Waals surface area contributed by atoms with Gasteiger partial charge in [-0.25, -0.2) is 4.98 Å². The van der Waals surface area contributed by atoms with Crippen molar-refractivity contribution in [3.63, 3.8) is 0 Å². The number of aliphatic imine (C=N–C) groups is 1. The average molecular weight is 327 g/mol. The fourth-order valence-corrected chi connectivity index (χ4v) is 3.68. The van der Waals surface area contributed by atoms with Gasteiger partial charge in [-0.3, -0.25) is 4.99 Å². The van der Waals surface area contributed by atoms with Gasteiger partial charge in [-0.1, -0.05) is 6.07 Å². The van der Waals surface area contributed by atoms with E-state index in [1.165, 1.54) is 12.8 Å². The first kappa shape index (κ1) is 15.4. The van der Waals surface area contributed by atoms with Gasteiger partial charge in [0.2, 0.25) is 0 Å². The summed E-state index contributed by atoms with van der Waals surface area (Å²) < 4.78 is 7.96. The van der Waals surface area contributed by atoms with Crippen molar-refractivity contribution in [3.05, 3.63) is 36.3 Å². The van der Waals surface area contributed by atoms with Crippen molar-refractivity contribution in [2.75, 3.05) is 13.1 Å². The molecular weight excluding hydrogens is 302 g/mol. The molecule has 0 saturated carbocycles. The summed E-state index contributed by atoms with van der Waals surface area (Å²) in [6.07, 6.45) is 9.23.